The van der Waals surface area contributed by atoms with Crippen LogP contribution in [0.2, 0.25) is 10.0 Å². The van der Waals surface area contributed by atoms with Crippen LogP contribution in [0.15, 0.2) is 60.7 Å². The fourth-order valence-corrected chi connectivity index (χ4v) is 5.09. The molecule has 0 saturated heterocycles. The van der Waals surface area contributed by atoms with Crippen molar-refractivity contribution in [3.8, 4) is 22.6 Å². The molecule has 0 aliphatic carbocycles. The Morgan fingerprint density at radius 1 is 0.525 bits per heavy atom. The first-order chi connectivity index (χ1) is 19.0. The highest BCUT2D eigenvalue weighted by molar-refractivity contribution is 6.38. The summed E-state index contributed by atoms with van der Waals surface area (Å²) in [7, 11) is 0. The van der Waals surface area contributed by atoms with Crippen molar-refractivity contribution in [1.29, 1.82) is 0 Å². The molecule has 198 valence electrons. The van der Waals surface area contributed by atoms with Crippen molar-refractivity contribution in [3.05, 3.63) is 93.0 Å². The Hall–Kier alpha value is -5.06. The summed E-state index contributed by atoms with van der Waals surface area (Å²) in [6, 6.07) is 13.8. The second-order valence-corrected chi connectivity index (χ2v) is 9.95. The van der Waals surface area contributed by atoms with Crippen LogP contribution in [0, 0.1) is 0 Å². The summed E-state index contributed by atoms with van der Waals surface area (Å²) >= 11 is 12.1. The van der Waals surface area contributed by atoms with Crippen LogP contribution >= 0.6 is 23.2 Å². The number of anilines is 4. The Balaban J connectivity index is 1.37. The maximum Gasteiger partial charge on any atom is 0.266 e. The molecule has 6 rings (SSSR count). The van der Waals surface area contributed by atoms with Gasteiger partial charge in [0, 0.05) is 12.1 Å². The largest absolute Gasteiger partial charge is 0.506 e. The summed E-state index contributed by atoms with van der Waals surface area (Å²) < 4.78 is 0. The van der Waals surface area contributed by atoms with E-state index in [1.54, 1.807) is 12.1 Å². The minimum atomic E-state index is -0.688. The van der Waals surface area contributed by atoms with E-state index >= 15 is 0 Å². The second-order valence-electron chi connectivity index (χ2n) is 9.14. The molecular weight excluding hydrogens is 559 g/mol. The van der Waals surface area contributed by atoms with Crippen molar-refractivity contribution in [1.82, 2.24) is 0 Å². The number of nitrogens with two attached hydrogens (primary N) is 2. The zero-order chi connectivity index (χ0) is 28.6. The minimum Gasteiger partial charge on any atom is -0.506 e. The van der Waals surface area contributed by atoms with Crippen molar-refractivity contribution in [3.63, 3.8) is 0 Å². The molecule has 0 spiro atoms. The number of hydrogen-bond acceptors (Lipinski definition) is 8. The lowest BCUT2D eigenvalue weighted by Gasteiger charge is -2.16. The maximum absolute atomic E-state index is 13.3. The molecule has 0 atom stereocenters. The van der Waals surface area contributed by atoms with Gasteiger partial charge in [-0.3, -0.25) is 19.2 Å². The van der Waals surface area contributed by atoms with E-state index in [1.807, 2.05) is 0 Å². The molecule has 12 heteroatoms. The number of hydrogen-bond donors (Lipinski definition) is 4. The Bertz CT molecular complexity index is 1740. The van der Waals surface area contributed by atoms with Crippen molar-refractivity contribution in [2.24, 2.45) is 0 Å². The number of phenols is 2. The molecule has 0 aromatic heterocycles. The number of carbonyl (C=O) groups excluding carboxylic acids is 4. The SMILES string of the molecule is Nc1cc(O)c(N2C(=O)c3ccc(-c4ccc5c(c4)C(=O)N(c4cc(Cl)c(N)cc4O)C5=O)cc3C2=O)cc1Cl. The van der Waals surface area contributed by atoms with Gasteiger partial charge in [-0.2, -0.15) is 0 Å². The number of halogens is 2. The molecule has 6 N–H and O–H groups in total. The number of benzene rings is 4. The molecule has 0 bridgehead atoms. The standard InChI is InChI=1S/C28H16Cl2N4O6/c29-17-7-21(23(35)9-19(17)31)33-25(37)13-3-1-11(5-15(13)27(33)39)12-2-4-14-16(6-12)28(40)34(26(14)38)22-8-18(30)20(32)10-24(22)36/h1-10,35-36H,31-32H2. The van der Waals surface area contributed by atoms with Crippen LogP contribution in [0.5, 0.6) is 11.5 Å². The number of imide groups is 2. The molecule has 2 heterocycles. The third-order valence-electron chi connectivity index (χ3n) is 6.78. The highest BCUT2D eigenvalue weighted by Gasteiger charge is 2.40. The predicted molar refractivity (Wildman–Crippen MR) is 149 cm³/mol. The third-order valence-corrected chi connectivity index (χ3v) is 7.43. The fraction of sp³-hybridized carbons (Fsp3) is 0. The normalized spacial score (nSPS) is 14.2. The average Bonchev–Trinajstić information content (AvgIpc) is 3.32. The van der Waals surface area contributed by atoms with E-state index < -0.39 is 35.1 Å². The van der Waals surface area contributed by atoms with E-state index in [4.69, 9.17) is 34.7 Å². The maximum atomic E-state index is 13.3. The Morgan fingerprint density at radius 2 is 0.875 bits per heavy atom. The monoisotopic (exact) mass is 574 g/mol. The molecule has 0 fully saturated rings. The first-order valence-corrected chi connectivity index (χ1v) is 12.4. The fourth-order valence-electron chi connectivity index (χ4n) is 4.77. The molecule has 2 aliphatic rings. The molecule has 10 nitrogen and oxygen atoms in total. The number of phenolic OH excluding ortho intramolecular Hbond substituents is 2. The van der Waals surface area contributed by atoms with Crippen LogP contribution in [0.4, 0.5) is 22.7 Å². The van der Waals surface area contributed by atoms with Crippen molar-refractivity contribution < 1.29 is 29.4 Å². The van der Waals surface area contributed by atoms with Gasteiger partial charge in [-0.1, -0.05) is 35.3 Å². The van der Waals surface area contributed by atoms with Gasteiger partial charge in [-0.25, -0.2) is 9.80 Å². The molecule has 4 aromatic rings. The summed E-state index contributed by atoms with van der Waals surface area (Å²) in [4.78, 5) is 54.3. The molecule has 4 aromatic carbocycles. The number of amides is 4. The van der Waals surface area contributed by atoms with Crippen LogP contribution in [0.1, 0.15) is 41.4 Å². The molecule has 0 unspecified atom stereocenters. The smallest absolute Gasteiger partial charge is 0.266 e. The molecule has 0 radical (unpaired) electrons. The van der Waals surface area contributed by atoms with Gasteiger partial charge >= 0.3 is 0 Å². The van der Waals surface area contributed by atoms with Gasteiger partial charge in [0.05, 0.1) is 55.0 Å². The lowest BCUT2D eigenvalue weighted by molar-refractivity contribution is 0.0909. The molecule has 2 aliphatic heterocycles. The summed E-state index contributed by atoms with van der Waals surface area (Å²) in [6.07, 6.45) is 0. The minimum absolute atomic E-state index is 0.0611. The zero-order valence-electron chi connectivity index (χ0n) is 20.1. The van der Waals surface area contributed by atoms with Crippen LogP contribution in [-0.2, 0) is 0 Å². The van der Waals surface area contributed by atoms with E-state index in [1.165, 1.54) is 36.4 Å². The molecule has 40 heavy (non-hydrogen) atoms. The lowest BCUT2D eigenvalue weighted by atomic mass is 9.97. The Labute approximate surface area is 235 Å². The van der Waals surface area contributed by atoms with Gasteiger partial charge in [0.2, 0.25) is 0 Å². The first kappa shape index (κ1) is 25.2. The van der Waals surface area contributed by atoms with E-state index in [0.29, 0.717) is 11.1 Å². The van der Waals surface area contributed by atoms with Gasteiger partial charge in [0.1, 0.15) is 11.5 Å². The number of nitrogens with zero attached hydrogens (tertiary/aromatic N) is 2. The number of carbonyl (C=O) groups is 4. The number of fused-ring (bicyclic) bond motifs is 2. The van der Waals surface area contributed by atoms with Crippen LogP contribution in [0.3, 0.4) is 0 Å². The Kier molecular flexibility index (Phi) is 5.51. The first-order valence-electron chi connectivity index (χ1n) is 11.6. The van der Waals surface area contributed by atoms with Crippen LogP contribution < -0.4 is 21.3 Å². The van der Waals surface area contributed by atoms with Gasteiger partial charge in [-0.15, -0.1) is 0 Å². The van der Waals surface area contributed by atoms with Crippen molar-refractivity contribution >= 4 is 69.6 Å². The summed E-state index contributed by atoms with van der Waals surface area (Å²) in [6.45, 7) is 0. The van der Waals surface area contributed by atoms with E-state index in [2.05, 4.69) is 0 Å². The van der Waals surface area contributed by atoms with E-state index in [0.717, 1.165) is 21.9 Å². The molecular formula is C28H16Cl2N4O6. The second kappa shape index (κ2) is 8.73. The quantitative estimate of drug-likeness (QED) is 0.199. The summed E-state index contributed by atoms with van der Waals surface area (Å²) in [5.41, 5.74) is 12.7. The summed E-state index contributed by atoms with van der Waals surface area (Å²) in [5.74, 6) is -3.47. The summed E-state index contributed by atoms with van der Waals surface area (Å²) in [5, 5.41) is 20.8. The zero-order valence-corrected chi connectivity index (χ0v) is 21.6. The predicted octanol–water partition coefficient (Wildman–Crippen LogP) is 4.84. The number of aromatic hydroxyl groups is 2. The highest BCUT2D eigenvalue weighted by Crippen LogP contribution is 2.41. The van der Waals surface area contributed by atoms with Gasteiger partial charge in [-0.05, 0) is 47.5 Å². The van der Waals surface area contributed by atoms with E-state index in [9.17, 15) is 29.4 Å². The topological polar surface area (TPSA) is 167 Å². The lowest BCUT2D eigenvalue weighted by Crippen LogP contribution is -2.29. The third kappa shape index (κ3) is 3.58. The van der Waals surface area contributed by atoms with Crippen LogP contribution in [0.25, 0.3) is 11.1 Å². The van der Waals surface area contributed by atoms with Crippen molar-refractivity contribution in [2.45, 2.75) is 0 Å². The number of rotatable bonds is 3. The van der Waals surface area contributed by atoms with Gasteiger partial charge in [0.15, 0.2) is 0 Å². The average molecular weight is 575 g/mol. The van der Waals surface area contributed by atoms with Crippen molar-refractivity contribution in [2.75, 3.05) is 21.3 Å². The van der Waals surface area contributed by atoms with Crippen LogP contribution in [-0.4, -0.2) is 33.8 Å². The Morgan fingerprint density at radius 3 is 1.25 bits per heavy atom. The molecule has 4 amide bonds. The number of nitrogen functional groups attached to an aromatic ring is 2. The molecule has 0 saturated carbocycles. The van der Waals surface area contributed by atoms with Gasteiger partial charge in [0.25, 0.3) is 23.6 Å². The van der Waals surface area contributed by atoms with E-state index in [-0.39, 0.29) is 55.0 Å². The van der Waals surface area contributed by atoms with Gasteiger partial charge < -0.3 is 21.7 Å². The highest BCUT2D eigenvalue weighted by atomic mass is 35.5.